The van der Waals surface area contributed by atoms with E-state index in [1.54, 1.807) is 17.5 Å². The van der Waals surface area contributed by atoms with Crippen LogP contribution in [0.25, 0.3) is 43.9 Å². The lowest BCUT2D eigenvalue weighted by Crippen LogP contribution is -1.81. The number of pyridine rings is 2. The SMILES string of the molecule is Cc1cnc2[nH]cc(-c3csc(-c4c[nH]c5ncccc45)n3)c2c1. The largest absolute Gasteiger partial charge is 0.345 e. The van der Waals surface area contributed by atoms with E-state index in [0.717, 1.165) is 49.5 Å². The van der Waals surface area contributed by atoms with Crippen LogP contribution >= 0.6 is 11.3 Å². The summed E-state index contributed by atoms with van der Waals surface area (Å²) in [5.74, 6) is 0. The average molecular weight is 331 g/mol. The minimum absolute atomic E-state index is 0.885. The number of aromatic nitrogens is 5. The molecule has 2 N–H and O–H groups in total. The standard InChI is InChI=1S/C18H13N5S/c1-10-5-12-13(7-21-17(12)20-6-10)15-9-24-18(23-15)14-8-22-16-11(14)3-2-4-19-16/h2-9H,1H3,(H,19,22)(H,20,21). The van der Waals surface area contributed by atoms with E-state index in [-0.39, 0.29) is 0 Å². The molecule has 0 unspecified atom stereocenters. The topological polar surface area (TPSA) is 70.2 Å². The highest BCUT2D eigenvalue weighted by atomic mass is 32.1. The van der Waals surface area contributed by atoms with Crippen LogP contribution in [-0.2, 0) is 0 Å². The molecule has 0 aliphatic rings. The van der Waals surface area contributed by atoms with Gasteiger partial charge in [0.1, 0.15) is 16.3 Å². The molecule has 5 heterocycles. The smallest absolute Gasteiger partial charge is 0.137 e. The summed E-state index contributed by atoms with van der Waals surface area (Å²) in [6.07, 6.45) is 7.61. The van der Waals surface area contributed by atoms with Crippen molar-refractivity contribution in [3.63, 3.8) is 0 Å². The summed E-state index contributed by atoms with van der Waals surface area (Å²) in [4.78, 5) is 20.1. The van der Waals surface area contributed by atoms with Gasteiger partial charge in [0.2, 0.25) is 0 Å². The predicted molar refractivity (Wildman–Crippen MR) is 97.0 cm³/mol. The van der Waals surface area contributed by atoms with E-state index in [2.05, 4.69) is 44.4 Å². The van der Waals surface area contributed by atoms with Gasteiger partial charge in [-0.05, 0) is 30.7 Å². The lowest BCUT2D eigenvalue weighted by atomic mass is 10.1. The Labute approximate surface area is 141 Å². The van der Waals surface area contributed by atoms with Crippen molar-refractivity contribution < 1.29 is 0 Å². The van der Waals surface area contributed by atoms with Crippen molar-refractivity contribution in [3.8, 4) is 21.8 Å². The Hall–Kier alpha value is -2.99. The maximum Gasteiger partial charge on any atom is 0.137 e. The molecule has 0 saturated carbocycles. The lowest BCUT2D eigenvalue weighted by Gasteiger charge is -1.96. The second-order valence-corrected chi connectivity index (χ2v) is 6.61. The van der Waals surface area contributed by atoms with E-state index in [1.807, 2.05) is 24.7 Å². The van der Waals surface area contributed by atoms with Crippen molar-refractivity contribution in [3.05, 3.63) is 53.9 Å². The molecule has 0 atom stereocenters. The van der Waals surface area contributed by atoms with Gasteiger partial charge in [0.05, 0.1) is 5.69 Å². The number of rotatable bonds is 2. The quantitative estimate of drug-likeness (QED) is 0.499. The fraction of sp³-hybridized carbons (Fsp3) is 0.0556. The Morgan fingerprint density at radius 3 is 2.75 bits per heavy atom. The molecule has 0 aliphatic heterocycles. The Morgan fingerprint density at radius 1 is 1.00 bits per heavy atom. The third-order valence-corrected chi connectivity index (χ3v) is 5.01. The molecule has 0 bridgehead atoms. The fourth-order valence-corrected chi connectivity index (χ4v) is 3.82. The van der Waals surface area contributed by atoms with Crippen molar-refractivity contribution in [1.29, 1.82) is 0 Å². The first-order valence-electron chi connectivity index (χ1n) is 7.62. The van der Waals surface area contributed by atoms with E-state index in [4.69, 9.17) is 4.98 Å². The van der Waals surface area contributed by atoms with Crippen LogP contribution in [0, 0.1) is 6.92 Å². The molecule has 0 saturated heterocycles. The first kappa shape index (κ1) is 13.4. The molecule has 5 nitrogen and oxygen atoms in total. The Kier molecular flexibility index (Phi) is 2.80. The van der Waals surface area contributed by atoms with Crippen molar-refractivity contribution >= 4 is 33.4 Å². The van der Waals surface area contributed by atoms with Crippen molar-refractivity contribution in [2.45, 2.75) is 6.92 Å². The molecule has 24 heavy (non-hydrogen) atoms. The Morgan fingerprint density at radius 2 is 1.83 bits per heavy atom. The number of H-pyrrole nitrogens is 2. The van der Waals surface area contributed by atoms with Crippen molar-refractivity contribution in [2.75, 3.05) is 0 Å². The fourth-order valence-electron chi connectivity index (χ4n) is 2.97. The molecule has 0 spiro atoms. The Balaban J connectivity index is 1.65. The van der Waals surface area contributed by atoms with E-state index in [1.165, 1.54) is 0 Å². The van der Waals surface area contributed by atoms with Crippen molar-refractivity contribution in [2.24, 2.45) is 0 Å². The van der Waals surface area contributed by atoms with Gasteiger partial charge in [-0.2, -0.15) is 0 Å². The second-order valence-electron chi connectivity index (χ2n) is 5.75. The molecule has 0 aliphatic carbocycles. The number of thiazole rings is 1. The third kappa shape index (κ3) is 1.97. The van der Waals surface area contributed by atoms with Crippen LogP contribution in [0.2, 0.25) is 0 Å². The van der Waals surface area contributed by atoms with Crippen LogP contribution in [0.4, 0.5) is 0 Å². The maximum atomic E-state index is 4.85. The highest BCUT2D eigenvalue weighted by Crippen LogP contribution is 2.35. The van der Waals surface area contributed by atoms with Crippen LogP contribution in [0.1, 0.15) is 5.56 Å². The van der Waals surface area contributed by atoms with Gasteiger partial charge in [-0.15, -0.1) is 11.3 Å². The van der Waals surface area contributed by atoms with Crippen LogP contribution in [-0.4, -0.2) is 24.9 Å². The number of nitrogens with one attached hydrogen (secondary N) is 2. The zero-order valence-corrected chi connectivity index (χ0v) is 13.7. The summed E-state index contributed by atoms with van der Waals surface area (Å²) in [5, 5.41) is 5.27. The number of hydrogen-bond acceptors (Lipinski definition) is 4. The van der Waals surface area contributed by atoms with Crippen LogP contribution in [0.3, 0.4) is 0 Å². The van der Waals surface area contributed by atoms with Crippen molar-refractivity contribution in [1.82, 2.24) is 24.9 Å². The minimum atomic E-state index is 0.885. The number of fused-ring (bicyclic) bond motifs is 2. The number of hydrogen-bond donors (Lipinski definition) is 2. The summed E-state index contributed by atoms with van der Waals surface area (Å²) in [6.45, 7) is 2.05. The lowest BCUT2D eigenvalue weighted by molar-refractivity contribution is 1.29. The molecular formula is C18H13N5S. The van der Waals surface area contributed by atoms with Crippen LogP contribution in [0.15, 0.2) is 48.4 Å². The van der Waals surface area contributed by atoms with Gasteiger partial charge in [0.25, 0.3) is 0 Å². The first-order valence-corrected chi connectivity index (χ1v) is 8.50. The van der Waals surface area contributed by atoms with E-state index in [9.17, 15) is 0 Å². The molecule has 6 heteroatoms. The van der Waals surface area contributed by atoms with E-state index >= 15 is 0 Å². The zero-order valence-electron chi connectivity index (χ0n) is 12.9. The summed E-state index contributed by atoms with van der Waals surface area (Å²) >= 11 is 1.64. The summed E-state index contributed by atoms with van der Waals surface area (Å²) in [5.41, 5.74) is 6.05. The maximum absolute atomic E-state index is 4.85. The molecular weight excluding hydrogens is 318 g/mol. The van der Waals surface area contributed by atoms with Gasteiger partial charge in [-0.1, -0.05) is 0 Å². The number of aryl methyl sites for hydroxylation is 1. The van der Waals surface area contributed by atoms with Gasteiger partial charge in [0, 0.05) is 52.1 Å². The summed E-state index contributed by atoms with van der Waals surface area (Å²) in [7, 11) is 0. The summed E-state index contributed by atoms with van der Waals surface area (Å²) < 4.78 is 0. The number of nitrogens with zero attached hydrogens (tertiary/aromatic N) is 3. The molecule has 5 aromatic heterocycles. The number of aromatic amines is 2. The van der Waals surface area contributed by atoms with Gasteiger partial charge in [0.15, 0.2) is 0 Å². The molecule has 5 rings (SSSR count). The molecule has 0 radical (unpaired) electrons. The molecule has 5 aromatic rings. The normalized spacial score (nSPS) is 11.5. The highest BCUT2D eigenvalue weighted by molar-refractivity contribution is 7.13. The molecule has 0 fully saturated rings. The second kappa shape index (κ2) is 5.01. The molecule has 0 aromatic carbocycles. The van der Waals surface area contributed by atoms with Crippen LogP contribution in [0.5, 0.6) is 0 Å². The molecule has 0 amide bonds. The zero-order chi connectivity index (χ0) is 16.1. The monoisotopic (exact) mass is 331 g/mol. The highest BCUT2D eigenvalue weighted by Gasteiger charge is 2.14. The van der Waals surface area contributed by atoms with E-state index < -0.39 is 0 Å². The van der Waals surface area contributed by atoms with Gasteiger partial charge in [-0.25, -0.2) is 15.0 Å². The molecule has 116 valence electrons. The first-order chi connectivity index (χ1) is 11.8. The summed E-state index contributed by atoms with van der Waals surface area (Å²) in [6, 6.07) is 6.15. The Bertz CT molecular complexity index is 1180. The minimum Gasteiger partial charge on any atom is -0.345 e. The van der Waals surface area contributed by atoms with Gasteiger partial charge in [-0.3, -0.25) is 0 Å². The van der Waals surface area contributed by atoms with Gasteiger partial charge < -0.3 is 9.97 Å². The van der Waals surface area contributed by atoms with Crippen LogP contribution < -0.4 is 0 Å². The average Bonchev–Trinajstić information content (AvgIpc) is 3.31. The van der Waals surface area contributed by atoms with E-state index in [0.29, 0.717) is 0 Å². The third-order valence-electron chi connectivity index (χ3n) is 4.13. The predicted octanol–water partition coefficient (Wildman–Crippen LogP) is 4.54. The van der Waals surface area contributed by atoms with Gasteiger partial charge >= 0.3 is 0 Å².